The van der Waals surface area contributed by atoms with Gasteiger partial charge in [-0.25, -0.2) is 9.59 Å². The molecule has 0 saturated heterocycles. The zero-order valence-electron chi connectivity index (χ0n) is 27.1. The van der Waals surface area contributed by atoms with Gasteiger partial charge in [-0.15, -0.1) is 0 Å². The fourth-order valence-corrected chi connectivity index (χ4v) is 5.66. The third kappa shape index (κ3) is 7.26. The number of aryl methyl sites for hydroxylation is 1. The highest BCUT2D eigenvalue weighted by atomic mass is 16.4. The second-order valence-electron chi connectivity index (χ2n) is 11.5. The summed E-state index contributed by atoms with van der Waals surface area (Å²) < 4.78 is 2.18. The van der Waals surface area contributed by atoms with Gasteiger partial charge < -0.3 is 36.0 Å². The average Bonchev–Trinajstić information content (AvgIpc) is 3.42. The van der Waals surface area contributed by atoms with E-state index >= 15 is 0 Å². The maximum absolute atomic E-state index is 12.1. The van der Waals surface area contributed by atoms with E-state index in [1.165, 1.54) is 18.2 Å². The molecule has 244 valence electrons. The van der Waals surface area contributed by atoms with E-state index < -0.39 is 11.9 Å². The van der Waals surface area contributed by atoms with Gasteiger partial charge in [0.25, 0.3) is 0 Å². The minimum absolute atomic E-state index is 0.0351. The standard InChI is InChI=1S/C39H39N5O4/c1-4-26(38(45)46)22-34(40)35(41)23-29(39(47)48)16-17-32-21-28(19-20-42(32)2)36-24-27-15-18-33(25-37(27)43(36)3)44(30-11-7-5-8-12-30)31-13-9-6-10-14-31/h4-16,18-25,32H,17,40-41H2,1-3H3,(H,45,46)(H,47,48)/b26-4+,29-16+,34-22-,35-23-. The number of benzene rings is 3. The maximum atomic E-state index is 12.1. The lowest BCUT2D eigenvalue weighted by molar-refractivity contribution is -0.133. The Hall–Kier alpha value is -6.22. The van der Waals surface area contributed by atoms with E-state index in [-0.39, 0.29) is 28.6 Å². The number of carbonyl (C=O) groups is 2. The van der Waals surface area contributed by atoms with Crippen LogP contribution in [0.4, 0.5) is 17.1 Å². The van der Waals surface area contributed by atoms with Crippen molar-refractivity contribution in [1.82, 2.24) is 9.47 Å². The van der Waals surface area contributed by atoms with Crippen molar-refractivity contribution in [2.24, 2.45) is 18.5 Å². The molecule has 0 radical (unpaired) electrons. The number of hydrogen-bond donors (Lipinski definition) is 4. The first-order chi connectivity index (χ1) is 23.1. The van der Waals surface area contributed by atoms with E-state index in [4.69, 9.17) is 11.5 Å². The number of carboxylic acids is 2. The van der Waals surface area contributed by atoms with Crippen LogP contribution in [0.25, 0.3) is 16.5 Å². The molecule has 1 unspecified atom stereocenters. The molecule has 0 saturated carbocycles. The minimum Gasteiger partial charge on any atom is -0.478 e. The predicted molar refractivity (Wildman–Crippen MR) is 193 cm³/mol. The lowest BCUT2D eigenvalue weighted by Gasteiger charge is -2.28. The molecule has 3 aromatic carbocycles. The Morgan fingerprint density at radius 2 is 1.40 bits per heavy atom. The monoisotopic (exact) mass is 641 g/mol. The van der Waals surface area contributed by atoms with E-state index in [0.29, 0.717) is 6.42 Å². The van der Waals surface area contributed by atoms with Crippen LogP contribution in [0.5, 0.6) is 0 Å². The Balaban J connectivity index is 1.45. The highest BCUT2D eigenvalue weighted by Gasteiger charge is 2.19. The van der Waals surface area contributed by atoms with Crippen LogP contribution in [0.1, 0.15) is 19.0 Å². The summed E-state index contributed by atoms with van der Waals surface area (Å²) in [6.45, 7) is 1.56. The molecule has 6 N–H and O–H groups in total. The van der Waals surface area contributed by atoms with Crippen molar-refractivity contribution in [3.05, 3.63) is 156 Å². The topological polar surface area (TPSA) is 138 Å². The molecule has 5 rings (SSSR count). The van der Waals surface area contributed by atoms with Crippen molar-refractivity contribution < 1.29 is 19.8 Å². The zero-order chi connectivity index (χ0) is 34.4. The lowest BCUT2D eigenvalue weighted by atomic mass is 10.0. The fourth-order valence-electron chi connectivity index (χ4n) is 5.66. The van der Waals surface area contributed by atoms with E-state index in [1.54, 1.807) is 13.0 Å². The number of aromatic nitrogens is 1. The number of fused-ring (bicyclic) bond motifs is 1. The van der Waals surface area contributed by atoms with Crippen molar-refractivity contribution >= 4 is 45.5 Å². The first-order valence-corrected chi connectivity index (χ1v) is 15.5. The molecule has 0 bridgehead atoms. The predicted octanol–water partition coefficient (Wildman–Crippen LogP) is 6.98. The van der Waals surface area contributed by atoms with Crippen LogP contribution in [0, 0.1) is 0 Å². The molecule has 0 spiro atoms. The van der Waals surface area contributed by atoms with Crippen LogP contribution < -0.4 is 16.4 Å². The van der Waals surface area contributed by atoms with E-state index in [0.717, 1.165) is 39.2 Å². The first-order valence-electron chi connectivity index (χ1n) is 15.5. The molecule has 48 heavy (non-hydrogen) atoms. The van der Waals surface area contributed by atoms with Gasteiger partial charge in [0.1, 0.15) is 0 Å². The second kappa shape index (κ2) is 14.5. The zero-order valence-corrected chi connectivity index (χ0v) is 27.1. The molecule has 1 aromatic heterocycles. The third-order valence-electron chi connectivity index (χ3n) is 8.34. The molecular weight excluding hydrogens is 602 g/mol. The van der Waals surface area contributed by atoms with Crippen LogP contribution >= 0.6 is 0 Å². The van der Waals surface area contributed by atoms with Crippen LogP contribution in [-0.2, 0) is 16.6 Å². The Labute approximate surface area is 280 Å². The molecule has 1 atom stereocenters. The molecule has 0 amide bonds. The van der Waals surface area contributed by atoms with Gasteiger partial charge in [0.2, 0.25) is 0 Å². The number of para-hydroxylation sites is 2. The van der Waals surface area contributed by atoms with Crippen LogP contribution in [-0.4, -0.2) is 44.7 Å². The summed E-state index contributed by atoms with van der Waals surface area (Å²) in [6, 6.07) is 29.1. The van der Waals surface area contributed by atoms with Gasteiger partial charge in [-0.2, -0.15) is 0 Å². The van der Waals surface area contributed by atoms with Crippen LogP contribution in [0.15, 0.2) is 150 Å². The smallest absolute Gasteiger partial charge is 0.335 e. The van der Waals surface area contributed by atoms with Crippen molar-refractivity contribution in [2.45, 2.75) is 19.4 Å². The molecule has 1 aliphatic rings. The van der Waals surface area contributed by atoms with E-state index in [2.05, 4.69) is 77.2 Å². The Morgan fingerprint density at radius 3 is 1.96 bits per heavy atom. The Bertz CT molecular complexity index is 1980. The van der Waals surface area contributed by atoms with Crippen molar-refractivity contribution in [1.29, 1.82) is 0 Å². The molecule has 0 fully saturated rings. The number of anilines is 3. The number of nitrogens with two attached hydrogens (primary N) is 2. The van der Waals surface area contributed by atoms with Crippen molar-refractivity contribution in [3.8, 4) is 0 Å². The molecule has 2 heterocycles. The Morgan fingerprint density at radius 1 is 0.812 bits per heavy atom. The van der Waals surface area contributed by atoms with Gasteiger partial charge >= 0.3 is 11.9 Å². The fraction of sp³-hybridized carbons (Fsp3) is 0.128. The lowest BCUT2D eigenvalue weighted by Crippen LogP contribution is -2.27. The average molecular weight is 642 g/mol. The van der Waals surface area contributed by atoms with Gasteiger partial charge in [-0.05, 0) is 85.8 Å². The highest BCUT2D eigenvalue weighted by molar-refractivity contribution is 5.93. The van der Waals surface area contributed by atoms with Gasteiger partial charge in [0, 0.05) is 42.2 Å². The summed E-state index contributed by atoms with van der Waals surface area (Å²) in [4.78, 5) is 27.7. The minimum atomic E-state index is -1.17. The summed E-state index contributed by atoms with van der Waals surface area (Å²) in [5.74, 6) is -2.33. The number of hydrogen-bond acceptors (Lipinski definition) is 6. The summed E-state index contributed by atoms with van der Waals surface area (Å²) in [6.07, 6.45) is 12.0. The third-order valence-corrected chi connectivity index (χ3v) is 8.34. The number of aliphatic carboxylic acids is 2. The second-order valence-corrected chi connectivity index (χ2v) is 11.5. The largest absolute Gasteiger partial charge is 0.478 e. The molecular formula is C39H39N5O4. The first kappa shape index (κ1) is 33.2. The summed E-state index contributed by atoms with van der Waals surface area (Å²) in [7, 11) is 3.99. The number of allylic oxidation sites excluding steroid dienone is 3. The van der Waals surface area contributed by atoms with E-state index in [9.17, 15) is 19.8 Å². The molecule has 4 aromatic rings. The number of carboxylic acid groups (broad SMARTS) is 2. The summed E-state index contributed by atoms with van der Waals surface area (Å²) >= 11 is 0. The van der Waals surface area contributed by atoms with Crippen LogP contribution in [0.3, 0.4) is 0 Å². The van der Waals surface area contributed by atoms with Crippen molar-refractivity contribution in [3.63, 3.8) is 0 Å². The number of likely N-dealkylation sites (N-methyl/N-ethyl adjacent to an activating group) is 1. The summed E-state index contributed by atoms with van der Waals surface area (Å²) in [5, 5.41) is 20.2. The Kier molecular flexibility index (Phi) is 9.99. The molecule has 1 aliphatic heterocycles. The molecule has 9 heteroatoms. The summed E-state index contributed by atoms with van der Waals surface area (Å²) in [5.41, 5.74) is 18.1. The number of rotatable bonds is 11. The van der Waals surface area contributed by atoms with Gasteiger partial charge in [-0.1, -0.05) is 60.7 Å². The van der Waals surface area contributed by atoms with Gasteiger partial charge in [0.15, 0.2) is 0 Å². The number of nitrogens with zero attached hydrogens (tertiary/aromatic N) is 3. The van der Waals surface area contributed by atoms with Crippen molar-refractivity contribution in [2.75, 3.05) is 11.9 Å². The van der Waals surface area contributed by atoms with Gasteiger partial charge in [0.05, 0.1) is 34.1 Å². The SMILES string of the molecule is C\C=C(/C=C(N)/C(N)=C/C(=C\CC1C=C(c2cc3ccc(N(c4ccccc4)c4ccccc4)cc3n2C)C=CN1C)C(=O)O)C(=O)O. The highest BCUT2D eigenvalue weighted by Crippen LogP contribution is 2.37. The van der Waals surface area contributed by atoms with E-state index in [1.807, 2.05) is 54.5 Å². The molecule has 9 nitrogen and oxygen atoms in total. The van der Waals surface area contributed by atoms with Crippen LogP contribution in [0.2, 0.25) is 0 Å². The normalized spacial score (nSPS) is 15.9. The van der Waals surface area contributed by atoms with Gasteiger partial charge in [-0.3, -0.25) is 0 Å². The quantitative estimate of drug-likeness (QED) is 0.102. The molecule has 0 aliphatic carbocycles. The maximum Gasteiger partial charge on any atom is 0.335 e.